The van der Waals surface area contributed by atoms with Crippen molar-refractivity contribution in [1.29, 1.82) is 0 Å². The molecule has 6 unspecified atom stereocenters. The van der Waals surface area contributed by atoms with Crippen molar-refractivity contribution in [3.63, 3.8) is 0 Å². The topological polar surface area (TPSA) is 158 Å². The van der Waals surface area contributed by atoms with Crippen LogP contribution in [0.15, 0.2) is 36.4 Å². The third kappa shape index (κ3) is 4.20. The van der Waals surface area contributed by atoms with Crippen molar-refractivity contribution in [3.05, 3.63) is 58.7 Å². The van der Waals surface area contributed by atoms with E-state index in [1.54, 1.807) is 32.3 Å². The standard InChI is InChI=1S/C31H33N3O7/c1-33(2)20-14-16(11-10-15-8-6-5-7-9-15)25(35)22-18(20)12-17-13-19-24(34(3)4)27(37)23(30(32)40)29(39)31(19,41)28(38)21(17)26(22)36/h5-11,14,17,19,21,23-24,35,41H,12-13H2,1-4H3,(H2,32,40)/b11-10+. The summed E-state index contributed by atoms with van der Waals surface area (Å²) in [6.45, 7) is 0. The maximum Gasteiger partial charge on any atom is 0.235 e. The average Bonchev–Trinajstić information content (AvgIpc) is 2.90. The minimum atomic E-state index is -2.75. The fraction of sp³-hybridized carbons (Fsp3) is 0.387. The minimum Gasteiger partial charge on any atom is -0.507 e. The van der Waals surface area contributed by atoms with Crippen LogP contribution in [0.3, 0.4) is 0 Å². The van der Waals surface area contributed by atoms with Gasteiger partial charge in [0.2, 0.25) is 5.91 Å². The first-order chi connectivity index (χ1) is 19.3. The highest BCUT2D eigenvalue weighted by Gasteiger charge is 2.69. The second-order valence-corrected chi connectivity index (χ2v) is 11.6. The van der Waals surface area contributed by atoms with E-state index in [0.717, 1.165) is 5.56 Å². The number of benzene rings is 2. The number of hydrogen-bond acceptors (Lipinski definition) is 9. The fourth-order valence-electron chi connectivity index (χ4n) is 6.95. The highest BCUT2D eigenvalue weighted by Crippen LogP contribution is 2.52. The Balaban J connectivity index is 1.64. The summed E-state index contributed by atoms with van der Waals surface area (Å²) in [7, 11) is 6.73. The number of anilines is 1. The van der Waals surface area contributed by atoms with Crippen LogP contribution in [0.2, 0.25) is 0 Å². The quantitative estimate of drug-likeness (QED) is 0.360. The Kier molecular flexibility index (Phi) is 6.95. The third-order valence-electron chi connectivity index (χ3n) is 8.80. The smallest absolute Gasteiger partial charge is 0.235 e. The highest BCUT2D eigenvalue weighted by atomic mass is 16.3. The number of ketones is 4. The number of nitrogens with zero attached hydrogens (tertiary/aromatic N) is 2. The lowest BCUT2D eigenvalue weighted by atomic mass is 9.52. The number of hydrogen-bond donors (Lipinski definition) is 3. The Morgan fingerprint density at radius 2 is 1.68 bits per heavy atom. The molecular weight excluding hydrogens is 526 g/mol. The first-order valence-electron chi connectivity index (χ1n) is 13.4. The van der Waals surface area contributed by atoms with Gasteiger partial charge in [0.1, 0.15) is 5.75 Å². The fourth-order valence-corrected chi connectivity index (χ4v) is 6.95. The minimum absolute atomic E-state index is 0.00713. The summed E-state index contributed by atoms with van der Waals surface area (Å²) in [4.78, 5) is 70.2. The second kappa shape index (κ2) is 10.0. The van der Waals surface area contributed by atoms with Crippen LogP contribution in [0.1, 0.15) is 33.5 Å². The molecule has 10 heteroatoms. The van der Waals surface area contributed by atoms with E-state index in [4.69, 9.17) is 5.73 Å². The van der Waals surface area contributed by atoms with Crippen LogP contribution in [0, 0.1) is 23.7 Å². The van der Waals surface area contributed by atoms with Gasteiger partial charge in [-0.2, -0.15) is 0 Å². The van der Waals surface area contributed by atoms with Gasteiger partial charge in [-0.1, -0.05) is 42.5 Å². The van der Waals surface area contributed by atoms with Crippen LogP contribution in [0.4, 0.5) is 5.69 Å². The van der Waals surface area contributed by atoms with Gasteiger partial charge in [-0.25, -0.2) is 0 Å². The largest absolute Gasteiger partial charge is 0.507 e. The zero-order valence-corrected chi connectivity index (χ0v) is 23.3. The summed E-state index contributed by atoms with van der Waals surface area (Å²) in [5.41, 5.74) is 5.07. The van der Waals surface area contributed by atoms with Gasteiger partial charge >= 0.3 is 0 Å². The molecule has 1 amide bonds. The molecule has 0 saturated heterocycles. The number of Topliss-reactive ketones (excluding diaryl/α,β-unsaturated/α-hetero) is 4. The van der Waals surface area contributed by atoms with E-state index in [9.17, 15) is 34.2 Å². The van der Waals surface area contributed by atoms with Gasteiger partial charge in [0.25, 0.3) is 0 Å². The Bertz CT molecular complexity index is 1510. The van der Waals surface area contributed by atoms with Crippen LogP contribution in [-0.2, 0) is 25.6 Å². The normalized spacial score (nSPS) is 29.4. The van der Waals surface area contributed by atoms with Crippen molar-refractivity contribution in [2.24, 2.45) is 29.4 Å². The number of carbonyl (C=O) groups is 5. The number of primary amides is 1. The van der Waals surface area contributed by atoms with Crippen LogP contribution in [-0.4, -0.2) is 84.0 Å². The molecule has 0 bridgehead atoms. The van der Waals surface area contributed by atoms with Crippen molar-refractivity contribution in [3.8, 4) is 5.75 Å². The zero-order chi connectivity index (χ0) is 30.0. The predicted octanol–water partition coefficient (Wildman–Crippen LogP) is 1.10. The Morgan fingerprint density at radius 3 is 2.27 bits per heavy atom. The summed E-state index contributed by atoms with van der Waals surface area (Å²) in [6.07, 6.45) is 3.68. The molecule has 0 heterocycles. The summed E-state index contributed by atoms with van der Waals surface area (Å²) in [5.74, 6) is -10.6. The SMILES string of the molecule is CN(C)c1cc(/C=C/c2ccccc2)c(O)c2c1CC1CC3C(N(C)C)C(=O)C(C(N)=O)C(=O)C3(O)C(=O)C1C2=O. The summed E-state index contributed by atoms with van der Waals surface area (Å²) < 4.78 is 0. The van der Waals surface area contributed by atoms with E-state index in [2.05, 4.69) is 0 Å². The van der Waals surface area contributed by atoms with E-state index in [-0.39, 0.29) is 24.2 Å². The molecule has 2 fully saturated rings. The number of fused-ring (bicyclic) bond motifs is 3. The number of nitrogens with two attached hydrogens (primary N) is 1. The number of likely N-dealkylation sites (N-methyl/N-ethyl adjacent to an activating group) is 1. The van der Waals surface area contributed by atoms with E-state index in [1.165, 1.54) is 4.90 Å². The van der Waals surface area contributed by atoms with E-state index in [1.807, 2.05) is 49.3 Å². The summed E-state index contributed by atoms with van der Waals surface area (Å²) >= 11 is 0. The van der Waals surface area contributed by atoms with Gasteiger partial charge in [-0.05, 0) is 50.0 Å². The van der Waals surface area contributed by atoms with Crippen LogP contribution in [0.5, 0.6) is 5.75 Å². The number of phenols is 1. The average molecular weight is 560 g/mol. The number of phenolic OH excluding ortho intramolecular Hbond substituents is 1. The number of rotatable bonds is 5. The number of aromatic hydroxyl groups is 1. The third-order valence-corrected chi connectivity index (χ3v) is 8.80. The van der Waals surface area contributed by atoms with Crippen LogP contribution >= 0.6 is 0 Å². The molecule has 6 atom stereocenters. The van der Waals surface area contributed by atoms with Gasteiger partial charge in [0, 0.05) is 31.3 Å². The van der Waals surface area contributed by atoms with Gasteiger partial charge < -0.3 is 20.8 Å². The molecule has 0 aromatic heterocycles. The molecule has 0 radical (unpaired) electrons. The molecule has 4 N–H and O–H groups in total. The molecule has 0 aliphatic heterocycles. The van der Waals surface area contributed by atoms with Crippen molar-refractivity contribution >= 4 is 46.9 Å². The van der Waals surface area contributed by atoms with E-state index < -0.39 is 64.4 Å². The van der Waals surface area contributed by atoms with Crippen LogP contribution in [0.25, 0.3) is 12.2 Å². The molecule has 3 aliphatic rings. The predicted molar refractivity (Wildman–Crippen MR) is 151 cm³/mol. The molecular formula is C31H33N3O7. The molecule has 2 aromatic rings. The molecule has 5 rings (SSSR count). The monoisotopic (exact) mass is 559 g/mol. The van der Waals surface area contributed by atoms with Crippen molar-refractivity contribution in [2.45, 2.75) is 24.5 Å². The van der Waals surface area contributed by atoms with Crippen molar-refractivity contribution < 1.29 is 34.2 Å². The van der Waals surface area contributed by atoms with Gasteiger partial charge in [-0.3, -0.25) is 28.9 Å². The first kappa shape index (κ1) is 28.4. The Labute approximate surface area is 237 Å². The molecule has 41 heavy (non-hydrogen) atoms. The van der Waals surface area contributed by atoms with Crippen molar-refractivity contribution in [2.75, 3.05) is 33.1 Å². The van der Waals surface area contributed by atoms with E-state index in [0.29, 0.717) is 16.8 Å². The van der Waals surface area contributed by atoms with Crippen molar-refractivity contribution in [1.82, 2.24) is 4.90 Å². The number of carbonyl (C=O) groups excluding carboxylic acids is 5. The Morgan fingerprint density at radius 1 is 1.02 bits per heavy atom. The summed E-state index contributed by atoms with van der Waals surface area (Å²) in [6, 6.07) is 10.0. The lowest BCUT2D eigenvalue weighted by Gasteiger charge is -2.52. The number of aliphatic hydroxyl groups is 1. The highest BCUT2D eigenvalue weighted by molar-refractivity contribution is 6.32. The Hall–Kier alpha value is -4.15. The van der Waals surface area contributed by atoms with Gasteiger partial charge in [0.15, 0.2) is 34.7 Å². The van der Waals surface area contributed by atoms with Crippen LogP contribution < -0.4 is 10.6 Å². The lowest BCUT2D eigenvalue weighted by molar-refractivity contribution is -0.181. The maximum atomic E-state index is 14.1. The first-order valence-corrected chi connectivity index (χ1v) is 13.4. The van der Waals surface area contributed by atoms with E-state index >= 15 is 0 Å². The lowest BCUT2D eigenvalue weighted by Crippen LogP contribution is -2.74. The molecule has 2 saturated carbocycles. The molecule has 214 valence electrons. The maximum absolute atomic E-state index is 14.1. The molecule has 3 aliphatic carbocycles. The van der Waals surface area contributed by atoms with Gasteiger partial charge in [-0.15, -0.1) is 0 Å². The molecule has 0 spiro atoms. The summed E-state index contributed by atoms with van der Waals surface area (Å²) in [5, 5.41) is 23.1. The molecule has 2 aromatic carbocycles. The van der Waals surface area contributed by atoms with Gasteiger partial charge in [0.05, 0.1) is 17.5 Å². The zero-order valence-electron chi connectivity index (χ0n) is 23.3. The molecule has 10 nitrogen and oxygen atoms in total. The number of amides is 1. The second-order valence-electron chi connectivity index (χ2n) is 11.6.